The number of aromatic nitrogens is 1. The van der Waals surface area contributed by atoms with Crippen LogP contribution in [0.15, 0.2) is 24.3 Å². The van der Waals surface area contributed by atoms with E-state index in [9.17, 15) is 9.59 Å². The molecule has 0 amide bonds. The summed E-state index contributed by atoms with van der Waals surface area (Å²) in [6, 6.07) is 7.77. The number of esters is 1. The zero-order valence-electron chi connectivity index (χ0n) is 18.2. The van der Waals surface area contributed by atoms with Crippen molar-refractivity contribution in [3.8, 4) is 11.5 Å². The number of carbonyl (C=O) groups excluding carboxylic acids is 2. The minimum Gasteiger partial charge on any atom is -0.457 e. The summed E-state index contributed by atoms with van der Waals surface area (Å²) in [5.41, 5.74) is 3.56. The predicted octanol–water partition coefficient (Wildman–Crippen LogP) is 4.43. The Kier molecular flexibility index (Phi) is 5.24. The average Bonchev–Trinajstić information content (AvgIpc) is 3.53. The summed E-state index contributed by atoms with van der Waals surface area (Å²) in [7, 11) is 0. The van der Waals surface area contributed by atoms with Gasteiger partial charge in [-0.05, 0) is 74.6 Å². The van der Waals surface area contributed by atoms with E-state index in [2.05, 4.69) is 4.57 Å². The first-order valence-electron chi connectivity index (χ1n) is 11.2. The second kappa shape index (κ2) is 8.06. The fourth-order valence-corrected chi connectivity index (χ4v) is 5.67. The van der Waals surface area contributed by atoms with Crippen molar-refractivity contribution in [3.63, 3.8) is 0 Å². The van der Waals surface area contributed by atoms with E-state index in [1.165, 1.54) is 19.3 Å². The molecule has 2 heterocycles. The minimum absolute atomic E-state index is 0.147. The first-order valence-corrected chi connectivity index (χ1v) is 11.2. The van der Waals surface area contributed by atoms with Crippen molar-refractivity contribution in [2.75, 3.05) is 13.4 Å². The Hall–Kier alpha value is -2.76. The smallest absolute Gasteiger partial charge is 0.306 e. The molecule has 164 valence electrons. The average molecular weight is 424 g/mol. The highest BCUT2D eigenvalue weighted by Gasteiger charge is 2.40. The molecule has 6 nitrogen and oxygen atoms in total. The lowest BCUT2D eigenvalue weighted by molar-refractivity contribution is -0.144. The van der Waals surface area contributed by atoms with E-state index in [0.717, 1.165) is 40.8 Å². The topological polar surface area (TPSA) is 66.8 Å². The highest BCUT2D eigenvalue weighted by Crippen LogP contribution is 2.49. The molecule has 2 aliphatic carbocycles. The van der Waals surface area contributed by atoms with Crippen molar-refractivity contribution in [3.05, 3.63) is 46.8 Å². The molecule has 0 unspecified atom stereocenters. The normalized spacial score (nSPS) is 23.4. The molecule has 1 aromatic carbocycles. The van der Waals surface area contributed by atoms with Crippen LogP contribution in [0, 0.1) is 31.6 Å². The third-order valence-electron chi connectivity index (χ3n) is 7.33. The molecule has 31 heavy (non-hydrogen) atoms. The molecule has 1 aliphatic heterocycles. The SMILES string of the molecule is Cc1cc(C(=O)COC(=O)C[C@H]2C[C@H]3CC[C@H]2C3)c(C)n1Cc1ccc2c(c1)OCO2. The van der Waals surface area contributed by atoms with Crippen molar-refractivity contribution in [2.45, 2.75) is 52.5 Å². The van der Waals surface area contributed by atoms with Crippen molar-refractivity contribution >= 4 is 11.8 Å². The van der Waals surface area contributed by atoms with Crippen molar-refractivity contribution in [2.24, 2.45) is 17.8 Å². The summed E-state index contributed by atoms with van der Waals surface area (Å²) >= 11 is 0. The Morgan fingerprint density at radius 1 is 1.10 bits per heavy atom. The van der Waals surface area contributed by atoms with Crippen LogP contribution >= 0.6 is 0 Å². The minimum atomic E-state index is -0.236. The number of aryl methyl sites for hydroxylation is 1. The molecule has 6 heteroatoms. The Balaban J connectivity index is 1.20. The van der Waals surface area contributed by atoms with E-state index in [-0.39, 0.29) is 25.2 Å². The number of hydrogen-bond donors (Lipinski definition) is 0. The van der Waals surface area contributed by atoms with Crippen LogP contribution in [-0.2, 0) is 16.1 Å². The molecule has 2 bridgehead atoms. The molecular weight excluding hydrogens is 394 g/mol. The Morgan fingerprint density at radius 2 is 1.94 bits per heavy atom. The van der Waals surface area contributed by atoms with Crippen LogP contribution in [0.1, 0.15) is 59.4 Å². The highest BCUT2D eigenvalue weighted by molar-refractivity contribution is 5.99. The van der Waals surface area contributed by atoms with E-state index in [0.29, 0.717) is 30.4 Å². The Bertz CT molecular complexity index is 1020. The third-order valence-corrected chi connectivity index (χ3v) is 7.33. The van der Waals surface area contributed by atoms with Gasteiger partial charge in [-0.3, -0.25) is 9.59 Å². The Labute approximate surface area is 182 Å². The molecule has 0 spiro atoms. The number of ketones is 1. The fraction of sp³-hybridized carbons (Fsp3) is 0.520. The summed E-state index contributed by atoms with van der Waals surface area (Å²) in [5, 5.41) is 0. The maximum Gasteiger partial charge on any atom is 0.306 e. The zero-order chi connectivity index (χ0) is 21.5. The lowest BCUT2D eigenvalue weighted by Crippen LogP contribution is -2.20. The first-order chi connectivity index (χ1) is 15.0. The molecule has 1 aromatic heterocycles. The molecule has 5 rings (SSSR count). The van der Waals surface area contributed by atoms with E-state index < -0.39 is 0 Å². The summed E-state index contributed by atoms with van der Waals surface area (Å²) in [5.74, 6) is 3.06. The maximum absolute atomic E-state index is 12.8. The standard InChI is InChI=1S/C25H29NO5/c1-15-7-21(16(2)26(15)12-18-4-6-23-24(10-18)31-14-30-23)22(27)13-29-25(28)11-20-9-17-3-5-19(20)8-17/h4,6-7,10,17,19-20H,3,5,8-9,11-14H2,1-2H3/t17-,19-,20+/m0/s1. The van der Waals surface area contributed by atoms with Crippen LogP contribution in [0.4, 0.5) is 0 Å². The van der Waals surface area contributed by atoms with Gasteiger partial charge >= 0.3 is 5.97 Å². The highest BCUT2D eigenvalue weighted by atomic mass is 16.7. The van der Waals surface area contributed by atoms with Crippen LogP contribution < -0.4 is 9.47 Å². The van der Waals surface area contributed by atoms with Gasteiger partial charge in [-0.25, -0.2) is 0 Å². The largest absolute Gasteiger partial charge is 0.457 e. The van der Waals surface area contributed by atoms with Crippen molar-refractivity contribution < 1.29 is 23.8 Å². The molecule has 0 radical (unpaired) electrons. The predicted molar refractivity (Wildman–Crippen MR) is 114 cm³/mol. The van der Waals surface area contributed by atoms with Gasteiger partial charge in [0, 0.05) is 29.9 Å². The monoisotopic (exact) mass is 423 g/mol. The van der Waals surface area contributed by atoms with Gasteiger partial charge in [-0.15, -0.1) is 0 Å². The third kappa shape index (κ3) is 3.95. The number of Topliss-reactive ketones (excluding diaryl/α,β-unsaturated/α-hetero) is 1. The maximum atomic E-state index is 12.8. The molecular formula is C25H29NO5. The van der Waals surface area contributed by atoms with Gasteiger partial charge in [-0.1, -0.05) is 12.5 Å². The van der Waals surface area contributed by atoms with Gasteiger partial charge in [-0.2, -0.15) is 0 Å². The molecule has 3 aliphatic rings. The summed E-state index contributed by atoms with van der Waals surface area (Å²) < 4.78 is 18.3. The molecule has 2 fully saturated rings. The van der Waals surface area contributed by atoms with Gasteiger partial charge in [0.15, 0.2) is 18.1 Å². The van der Waals surface area contributed by atoms with Crippen LogP contribution in [-0.4, -0.2) is 29.7 Å². The fourth-order valence-electron chi connectivity index (χ4n) is 5.67. The molecule has 2 saturated carbocycles. The van der Waals surface area contributed by atoms with Gasteiger partial charge < -0.3 is 18.8 Å². The number of benzene rings is 1. The van der Waals surface area contributed by atoms with Gasteiger partial charge in [0.2, 0.25) is 12.6 Å². The number of nitrogens with zero attached hydrogens (tertiary/aromatic N) is 1. The van der Waals surface area contributed by atoms with Gasteiger partial charge in [0.1, 0.15) is 0 Å². The second-order valence-corrected chi connectivity index (χ2v) is 9.28. The number of rotatable bonds is 7. The molecule has 3 atom stereocenters. The van der Waals surface area contributed by atoms with Gasteiger partial charge in [0.25, 0.3) is 0 Å². The first kappa shape index (κ1) is 20.2. The van der Waals surface area contributed by atoms with Crippen LogP contribution in [0.5, 0.6) is 11.5 Å². The molecule has 2 aromatic rings. The zero-order valence-corrected chi connectivity index (χ0v) is 18.2. The van der Waals surface area contributed by atoms with E-state index >= 15 is 0 Å². The van der Waals surface area contributed by atoms with E-state index in [1.54, 1.807) is 0 Å². The number of carbonyl (C=O) groups is 2. The Morgan fingerprint density at radius 3 is 2.71 bits per heavy atom. The van der Waals surface area contributed by atoms with E-state index in [1.807, 2.05) is 38.1 Å². The van der Waals surface area contributed by atoms with Crippen LogP contribution in [0.25, 0.3) is 0 Å². The molecule has 0 saturated heterocycles. The summed E-state index contributed by atoms with van der Waals surface area (Å²) in [4.78, 5) is 25.1. The van der Waals surface area contributed by atoms with Crippen molar-refractivity contribution in [1.82, 2.24) is 4.57 Å². The number of fused-ring (bicyclic) bond motifs is 3. The number of hydrogen-bond acceptors (Lipinski definition) is 5. The van der Waals surface area contributed by atoms with Crippen LogP contribution in [0.3, 0.4) is 0 Å². The van der Waals surface area contributed by atoms with Crippen LogP contribution in [0.2, 0.25) is 0 Å². The second-order valence-electron chi connectivity index (χ2n) is 9.28. The summed E-state index contributed by atoms with van der Waals surface area (Å²) in [6.45, 7) is 4.61. The number of ether oxygens (including phenoxy) is 3. The van der Waals surface area contributed by atoms with Crippen molar-refractivity contribution in [1.29, 1.82) is 0 Å². The lowest BCUT2D eigenvalue weighted by atomic mass is 9.86. The quantitative estimate of drug-likeness (QED) is 0.487. The summed E-state index contributed by atoms with van der Waals surface area (Å²) in [6.07, 6.45) is 5.44. The molecule has 0 N–H and O–H groups in total. The van der Waals surface area contributed by atoms with E-state index in [4.69, 9.17) is 14.2 Å². The van der Waals surface area contributed by atoms with Gasteiger partial charge in [0.05, 0.1) is 0 Å². The lowest BCUT2D eigenvalue weighted by Gasteiger charge is -2.20.